The van der Waals surface area contributed by atoms with Crippen molar-refractivity contribution >= 4 is 40.7 Å². The number of benzene rings is 1. The molecule has 8 nitrogen and oxygen atoms in total. The predicted octanol–water partition coefficient (Wildman–Crippen LogP) is 4.50. The maximum Gasteiger partial charge on any atom is 0.277 e. The van der Waals surface area contributed by atoms with Gasteiger partial charge in [-0.25, -0.2) is 0 Å². The van der Waals surface area contributed by atoms with Gasteiger partial charge in [-0.15, -0.1) is 0 Å². The lowest BCUT2D eigenvalue weighted by molar-refractivity contribution is 0.0944. The van der Waals surface area contributed by atoms with E-state index in [1.807, 2.05) is 20.8 Å². The number of hydrogen-bond donors (Lipinski definition) is 2. The van der Waals surface area contributed by atoms with Gasteiger partial charge in [-0.1, -0.05) is 42.2 Å². The third-order valence-electron chi connectivity index (χ3n) is 4.16. The maximum absolute atomic E-state index is 12.7. The summed E-state index contributed by atoms with van der Waals surface area (Å²) in [7, 11) is 0. The molecule has 0 aliphatic carbocycles. The van der Waals surface area contributed by atoms with Gasteiger partial charge in [-0.3, -0.25) is 14.3 Å². The number of rotatable bonds is 7. The molecule has 0 saturated carbocycles. The highest BCUT2D eigenvalue weighted by Gasteiger charge is 2.21. The Morgan fingerprint density at radius 3 is 2.63 bits per heavy atom. The molecule has 0 saturated heterocycles. The number of nitrogens with one attached hydrogen (secondary N) is 2. The summed E-state index contributed by atoms with van der Waals surface area (Å²) >= 11 is 12.1. The van der Waals surface area contributed by atoms with Crippen LogP contribution in [-0.4, -0.2) is 33.3 Å². The molecule has 0 atom stereocenters. The van der Waals surface area contributed by atoms with E-state index in [1.54, 1.807) is 29.1 Å². The number of anilines is 1. The zero-order chi connectivity index (χ0) is 21.8. The Morgan fingerprint density at radius 1 is 1.20 bits per heavy atom. The van der Waals surface area contributed by atoms with Gasteiger partial charge < -0.3 is 15.2 Å². The van der Waals surface area contributed by atoms with Crippen molar-refractivity contribution in [2.45, 2.75) is 27.3 Å². The van der Waals surface area contributed by atoms with Crippen LogP contribution >= 0.6 is 23.2 Å². The highest BCUT2D eigenvalue weighted by molar-refractivity contribution is 6.36. The third-order valence-corrected chi connectivity index (χ3v) is 4.71. The summed E-state index contributed by atoms with van der Waals surface area (Å²) in [5.74, 6) is -0.293. The van der Waals surface area contributed by atoms with Crippen LogP contribution in [0.3, 0.4) is 0 Å². The molecule has 0 radical (unpaired) electrons. The average Bonchev–Trinajstić information content (AvgIpc) is 3.33. The van der Waals surface area contributed by atoms with E-state index >= 15 is 0 Å². The number of amides is 2. The topological polar surface area (TPSA) is 102 Å². The van der Waals surface area contributed by atoms with Crippen LogP contribution in [0.4, 0.5) is 5.69 Å². The molecule has 0 spiro atoms. The van der Waals surface area contributed by atoms with Crippen LogP contribution < -0.4 is 10.6 Å². The van der Waals surface area contributed by atoms with Crippen molar-refractivity contribution in [1.29, 1.82) is 0 Å². The smallest absolute Gasteiger partial charge is 0.277 e. The molecule has 0 unspecified atom stereocenters. The van der Waals surface area contributed by atoms with E-state index in [4.69, 9.17) is 27.7 Å². The number of nitrogens with zero attached hydrogens (tertiary/aromatic N) is 3. The Bertz CT molecular complexity index is 1070. The normalized spacial score (nSPS) is 11.0. The Labute approximate surface area is 183 Å². The number of halogens is 2. The van der Waals surface area contributed by atoms with Gasteiger partial charge in [-0.05, 0) is 31.0 Å². The highest BCUT2D eigenvalue weighted by Crippen LogP contribution is 2.31. The van der Waals surface area contributed by atoms with E-state index in [0.29, 0.717) is 34.5 Å². The van der Waals surface area contributed by atoms with Crippen LogP contribution in [0.5, 0.6) is 0 Å². The first-order chi connectivity index (χ1) is 14.3. The van der Waals surface area contributed by atoms with E-state index in [0.717, 1.165) is 0 Å². The molecule has 10 heteroatoms. The van der Waals surface area contributed by atoms with E-state index in [2.05, 4.69) is 20.9 Å². The summed E-state index contributed by atoms with van der Waals surface area (Å²) in [6.07, 6.45) is 1.60. The molecule has 2 amide bonds. The minimum absolute atomic E-state index is 0.0359. The number of aromatic nitrogens is 3. The van der Waals surface area contributed by atoms with Crippen LogP contribution in [-0.2, 0) is 6.54 Å². The molecule has 2 aromatic heterocycles. The zero-order valence-corrected chi connectivity index (χ0v) is 18.2. The summed E-state index contributed by atoms with van der Waals surface area (Å²) in [5, 5.41) is 14.4. The quantitative estimate of drug-likeness (QED) is 0.552. The van der Waals surface area contributed by atoms with E-state index in [9.17, 15) is 9.59 Å². The van der Waals surface area contributed by atoms with Crippen LogP contribution in [0.25, 0.3) is 11.3 Å². The van der Waals surface area contributed by atoms with Crippen LogP contribution in [0.1, 0.15) is 41.7 Å². The Balaban J connectivity index is 1.80. The van der Waals surface area contributed by atoms with Gasteiger partial charge in [0.2, 0.25) is 0 Å². The van der Waals surface area contributed by atoms with Gasteiger partial charge in [-0.2, -0.15) is 5.10 Å². The third kappa shape index (κ3) is 5.01. The first-order valence-corrected chi connectivity index (χ1v) is 10.1. The Hall–Kier alpha value is -2.84. The second-order valence-electron chi connectivity index (χ2n) is 7.01. The molecule has 0 aliphatic rings. The maximum atomic E-state index is 12.7. The van der Waals surface area contributed by atoms with E-state index < -0.39 is 5.91 Å². The monoisotopic (exact) mass is 449 g/mol. The molecule has 2 heterocycles. The summed E-state index contributed by atoms with van der Waals surface area (Å²) in [4.78, 5) is 25.2. The Morgan fingerprint density at radius 2 is 1.97 bits per heavy atom. The molecule has 3 rings (SSSR count). The summed E-state index contributed by atoms with van der Waals surface area (Å²) in [6.45, 7) is 6.91. The first-order valence-electron chi connectivity index (χ1n) is 9.37. The zero-order valence-electron chi connectivity index (χ0n) is 16.7. The molecule has 2 N–H and O–H groups in total. The molecule has 30 heavy (non-hydrogen) atoms. The fourth-order valence-electron chi connectivity index (χ4n) is 2.61. The highest BCUT2D eigenvalue weighted by atomic mass is 35.5. The van der Waals surface area contributed by atoms with E-state index in [-0.39, 0.29) is 28.9 Å². The lowest BCUT2D eigenvalue weighted by atomic mass is 10.1. The van der Waals surface area contributed by atoms with Gasteiger partial charge in [0.25, 0.3) is 11.8 Å². The predicted molar refractivity (Wildman–Crippen MR) is 115 cm³/mol. The average molecular weight is 450 g/mol. The Kier molecular flexibility index (Phi) is 6.79. The molecule has 0 fully saturated rings. The molecule has 158 valence electrons. The number of aryl methyl sites for hydroxylation is 1. The summed E-state index contributed by atoms with van der Waals surface area (Å²) < 4.78 is 6.83. The van der Waals surface area contributed by atoms with Crippen LogP contribution in [0, 0.1) is 5.92 Å². The minimum atomic E-state index is -0.538. The fraction of sp³-hybridized carbons (Fsp3) is 0.300. The largest absolute Gasteiger partial charge is 0.355 e. The minimum Gasteiger partial charge on any atom is -0.355 e. The number of carbonyl (C=O) groups is 2. The van der Waals surface area contributed by atoms with Crippen LogP contribution in [0.2, 0.25) is 10.0 Å². The molecule has 1 aromatic carbocycles. The second kappa shape index (κ2) is 9.32. The van der Waals surface area contributed by atoms with Crippen molar-refractivity contribution < 1.29 is 14.1 Å². The molecule has 0 bridgehead atoms. The number of carbonyl (C=O) groups excluding carboxylic acids is 2. The van der Waals surface area contributed by atoms with Crippen molar-refractivity contribution in [3.05, 3.63) is 51.9 Å². The summed E-state index contributed by atoms with van der Waals surface area (Å²) in [5.41, 5.74) is 1.02. The molecular formula is C20H21Cl2N5O3. The number of hydrogen-bond acceptors (Lipinski definition) is 5. The van der Waals surface area contributed by atoms with E-state index in [1.165, 1.54) is 6.07 Å². The lowest BCUT2D eigenvalue weighted by Crippen LogP contribution is -2.28. The molecular weight excluding hydrogens is 429 g/mol. The van der Waals surface area contributed by atoms with Crippen molar-refractivity contribution in [3.63, 3.8) is 0 Å². The fourth-order valence-corrected chi connectivity index (χ4v) is 3.11. The van der Waals surface area contributed by atoms with Gasteiger partial charge in [0.05, 0.1) is 10.7 Å². The second-order valence-corrected chi connectivity index (χ2v) is 7.85. The van der Waals surface area contributed by atoms with Gasteiger partial charge >= 0.3 is 0 Å². The standard InChI is InChI=1S/C20H21Cl2N5O3/c1-4-27-10-16(18(25-27)20(29)23-9-11(2)3)24-19(28)15-8-17(30-26-15)13-6-5-12(21)7-14(13)22/h5-8,10-11H,4,9H2,1-3H3,(H,23,29)(H,24,28). The van der Waals surface area contributed by atoms with Gasteiger partial charge in [0.1, 0.15) is 0 Å². The molecule has 0 aliphatic heterocycles. The lowest BCUT2D eigenvalue weighted by Gasteiger charge is -2.07. The van der Waals surface area contributed by atoms with Crippen molar-refractivity contribution in [2.75, 3.05) is 11.9 Å². The van der Waals surface area contributed by atoms with Gasteiger partial charge in [0, 0.05) is 35.9 Å². The van der Waals surface area contributed by atoms with Gasteiger partial charge in [0.15, 0.2) is 17.1 Å². The first kappa shape index (κ1) is 21.9. The van der Waals surface area contributed by atoms with Crippen molar-refractivity contribution in [3.8, 4) is 11.3 Å². The van der Waals surface area contributed by atoms with Crippen molar-refractivity contribution in [1.82, 2.24) is 20.3 Å². The molecule has 3 aromatic rings. The van der Waals surface area contributed by atoms with Crippen LogP contribution in [0.15, 0.2) is 35.0 Å². The SMILES string of the molecule is CCn1cc(NC(=O)c2cc(-c3ccc(Cl)cc3Cl)on2)c(C(=O)NCC(C)C)n1. The summed E-state index contributed by atoms with van der Waals surface area (Å²) in [6, 6.07) is 6.37. The van der Waals surface area contributed by atoms with Crippen molar-refractivity contribution in [2.24, 2.45) is 5.92 Å².